The average molecular weight is 522 g/mol. The number of urea groups is 1. The van der Waals surface area contributed by atoms with Gasteiger partial charge >= 0.3 is 18.2 Å². The Morgan fingerprint density at radius 3 is 2.35 bits per heavy atom. The fourth-order valence-electron chi connectivity index (χ4n) is 4.46. The van der Waals surface area contributed by atoms with Crippen LogP contribution in [0.25, 0.3) is 0 Å². The minimum absolute atomic E-state index is 0.0389. The fourth-order valence-corrected chi connectivity index (χ4v) is 4.46. The minimum Gasteiger partial charge on any atom is -0.444 e. The molecule has 37 heavy (non-hydrogen) atoms. The lowest BCUT2D eigenvalue weighted by Crippen LogP contribution is -2.51. The van der Waals surface area contributed by atoms with Gasteiger partial charge in [-0.2, -0.15) is 0 Å². The molecular formula is C23H35N7O7. The zero-order chi connectivity index (χ0) is 27.1. The van der Waals surface area contributed by atoms with Crippen LogP contribution >= 0.6 is 0 Å². The largest absolute Gasteiger partial charge is 0.444 e. The summed E-state index contributed by atoms with van der Waals surface area (Å²) in [6.45, 7) is 10.8. The lowest BCUT2D eigenvalue weighted by Gasteiger charge is -2.34. The summed E-state index contributed by atoms with van der Waals surface area (Å²) in [4.78, 5) is 42.2. The summed E-state index contributed by atoms with van der Waals surface area (Å²) < 4.78 is 16.4. The van der Waals surface area contributed by atoms with Crippen LogP contribution in [0.2, 0.25) is 0 Å². The van der Waals surface area contributed by atoms with E-state index in [1.165, 1.54) is 0 Å². The van der Waals surface area contributed by atoms with Gasteiger partial charge in [0.1, 0.15) is 17.2 Å². The van der Waals surface area contributed by atoms with Crippen LogP contribution in [0.5, 0.6) is 0 Å². The first-order valence-electron chi connectivity index (χ1n) is 12.4. The molecule has 1 aromatic rings. The molecule has 14 heteroatoms. The molecule has 4 rings (SSSR count). The van der Waals surface area contributed by atoms with Crippen LogP contribution in [-0.4, -0.2) is 79.4 Å². The summed E-state index contributed by atoms with van der Waals surface area (Å²) in [6.07, 6.45) is 0.852. The Hall–Kier alpha value is -3.42. The Bertz CT molecular complexity index is 1070. The monoisotopic (exact) mass is 521 g/mol. The van der Waals surface area contributed by atoms with Crippen LogP contribution < -0.4 is 10.6 Å². The number of piperidine rings is 1. The van der Waals surface area contributed by atoms with E-state index >= 15 is 0 Å². The molecule has 14 nitrogen and oxygen atoms in total. The molecule has 2 atom stereocenters. The van der Waals surface area contributed by atoms with Crippen molar-refractivity contribution in [2.45, 2.75) is 102 Å². The molecule has 1 aliphatic carbocycles. The minimum atomic E-state index is -0.851. The van der Waals surface area contributed by atoms with Gasteiger partial charge in [0.25, 0.3) is 0 Å². The van der Waals surface area contributed by atoms with Gasteiger partial charge in [-0.1, -0.05) is 0 Å². The zero-order valence-electron chi connectivity index (χ0n) is 22.0. The predicted octanol–water partition coefficient (Wildman–Crippen LogP) is 3.05. The summed E-state index contributed by atoms with van der Waals surface area (Å²) >= 11 is 0. The van der Waals surface area contributed by atoms with Crippen LogP contribution in [0.15, 0.2) is 9.41 Å². The SMILES string of the molecule is CC(C)(C)OC(=O)/N=C(/NC(=O)OC(C)(C)C)N[C@H]1C[C@H](c2nnc([C@@H]3CC[C@H]4CN3C(=O)N4O)o2)C1. The van der Waals surface area contributed by atoms with Gasteiger partial charge in [0.05, 0.1) is 6.04 Å². The third-order valence-corrected chi connectivity index (χ3v) is 6.13. The second kappa shape index (κ2) is 9.80. The molecule has 0 spiro atoms. The number of aliphatic imine (C=N–C) groups is 1. The number of carbonyl (C=O) groups excluding carboxylic acids is 3. The Morgan fingerprint density at radius 2 is 1.70 bits per heavy atom. The van der Waals surface area contributed by atoms with Gasteiger partial charge in [0.15, 0.2) is 0 Å². The van der Waals surface area contributed by atoms with E-state index in [4.69, 9.17) is 13.9 Å². The highest BCUT2D eigenvalue weighted by atomic mass is 16.6. The molecule has 3 heterocycles. The van der Waals surface area contributed by atoms with Crippen molar-refractivity contribution in [1.29, 1.82) is 0 Å². The number of alkyl carbamates (subject to hydrolysis) is 1. The number of amides is 4. The van der Waals surface area contributed by atoms with E-state index in [-0.39, 0.29) is 30.0 Å². The molecule has 1 saturated carbocycles. The maximum atomic E-state index is 12.3. The van der Waals surface area contributed by atoms with E-state index < -0.39 is 29.4 Å². The number of ether oxygens (including phenoxy) is 2. The smallest absolute Gasteiger partial charge is 0.437 e. The number of hydrogen-bond acceptors (Lipinski definition) is 9. The first-order valence-corrected chi connectivity index (χ1v) is 12.4. The number of carbonyl (C=O) groups is 3. The normalized spacial score (nSPS) is 26.0. The second-order valence-corrected chi connectivity index (χ2v) is 11.6. The van der Waals surface area contributed by atoms with Crippen molar-refractivity contribution >= 4 is 24.2 Å². The van der Waals surface area contributed by atoms with E-state index in [0.29, 0.717) is 44.0 Å². The highest BCUT2D eigenvalue weighted by Gasteiger charge is 2.47. The number of hydroxylamine groups is 2. The van der Waals surface area contributed by atoms with E-state index in [9.17, 15) is 19.6 Å². The van der Waals surface area contributed by atoms with Gasteiger partial charge in [-0.25, -0.2) is 19.4 Å². The Balaban J connectivity index is 1.36. The van der Waals surface area contributed by atoms with Crippen molar-refractivity contribution < 1.29 is 33.5 Å². The van der Waals surface area contributed by atoms with Crippen LogP contribution in [0.3, 0.4) is 0 Å². The molecule has 4 amide bonds. The van der Waals surface area contributed by atoms with Crippen LogP contribution in [-0.2, 0) is 9.47 Å². The summed E-state index contributed by atoms with van der Waals surface area (Å²) in [5, 5.41) is 24.5. The summed E-state index contributed by atoms with van der Waals surface area (Å²) in [6, 6.07) is -1.14. The summed E-state index contributed by atoms with van der Waals surface area (Å²) in [5.41, 5.74) is -1.48. The van der Waals surface area contributed by atoms with Crippen molar-refractivity contribution in [3.63, 3.8) is 0 Å². The number of nitrogens with one attached hydrogen (secondary N) is 2. The van der Waals surface area contributed by atoms with Gasteiger partial charge in [-0.05, 0) is 67.2 Å². The fraction of sp³-hybridized carbons (Fsp3) is 0.739. The Kier molecular flexibility index (Phi) is 7.06. The van der Waals surface area contributed by atoms with Gasteiger partial charge in [0, 0.05) is 18.5 Å². The number of hydrogen-bond donors (Lipinski definition) is 3. The van der Waals surface area contributed by atoms with Crippen molar-refractivity contribution in [2.24, 2.45) is 4.99 Å². The highest BCUT2D eigenvalue weighted by molar-refractivity contribution is 5.99. The highest BCUT2D eigenvalue weighted by Crippen LogP contribution is 2.40. The van der Waals surface area contributed by atoms with E-state index in [1.54, 1.807) is 46.4 Å². The van der Waals surface area contributed by atoms with Crippen LogP contribution in [0.1, 0.15) is 91.0 Å². The molecule has 0 aromatic carbocycles. The Morgan fingerprint density at radius 1 is 1.05 bits per heavy atom. The molecule has 2 aliphatic heterocycles. The standard InChI is InChI=1S/C23H35N7O7/c1-22(2,3)36-19(31)25-18(26-20(32)37-23(4,5)6)24-13-9-12(10-13)16-27-28-17(35-16)15-8-7-14-11-29(15)21(33)30(14)34/h12-15,34H,7-11H2,1-6H3,(H2,24,25,26,31,32)/t12-,13-,14-,15-/m0/s1. The second-order valence-electron chi connectivity index (χ2n) is 11.6. The number of aromatic nitrogens is 2. The molecule has 2 bridgehead atoms. The van der Waals surface area contributed by atoms with Gasteiger partial charge in [0.2, 0.25) is 17.7 Å². The van der Waals surface area contributed by atoms with Gasteiger partial charge < -0.3 is 24.1 Å². The molecule has 1 aromatic heterocycles. The molecular weight excluding hydrogens is 486 g/mol. The maximum Gasteiger partial charge on any atom is 0.437 e. The quantitative estimate of drug-likeness (QED) is 0.305. The molecule has 3 fully saturated rings. The van der Waals surface area contributed by atoms with E-state index in [0.717, 1.165) is 5.06 Å². The number of fused-ring (bicyclic) bond motifs is 2. The van der Waals surface area contributed by atoms with Crippen molar-refractivity contribution in [2.75, 3.05) is 6.54 Å². The zero-order valence-corrected chi connectivity index (χ0v) is 22.0. The molecule has 2 saturated heterocycles. The third-order valence-electron chi connectivity index (χ3n) is 6.13. The van der Waals surface area contributed by atoms with Crippen molar-refractivity contribution in [3.8, 4) is 0 Å². The summed E-state index contributed by atoms with van der Waals surface area (Å²) in [7, 11) is 0. The van der Waals surface area contributed by atoms with Crippen LogP contribution in [0.4, 0.5) is 14.4 Å². The average Bonchev–Trinajstić information content (AvgIpc) is 3.28. The predicted molar refractivity (Wildman–Crippen MR) is 128 cm³/mol. The lowest BCUT2D eigenvalue weighted by molar-refractivity contribution is -0.0584. The number of nitrogens with zero attached hydrogens (tertiary/aromatic N) is 5. The van der Waals surface area contributed by atoms with E-state index in [2.05, 4.69) is 25.8 Å². The third kappa shape index (κ3) is 6.48. The number of rotatable bonds is 3. The van der Waals surface area contributed by atoms with Gasteiger partial charge in [-0.3, -0.25) is 10.5 Å². The van der Waals surface area contributed by atoms with Crippen LogP contribution in [0, 0.1) is 0 Å². The maximum absolute atomic E-state index is 12.3. The Labute approximate surface area is 214 Å². The molecule has 0 radical (unpaired) electrons. The van der Waals surface area contributed by atoms with Crippen molar-refractivity contribution in [3.05, 3.63) is 11.8 Å². The first-order chi connectivity index (χ1) is 17.2. The first kappa shape index (κ1) is 26.6. The molecule has 3 aliphatic rings. The molecule has 204 valence electrons. The molecule has 3 N–H and O–H groups in total. The van der Waals surface area contributed by atoms with Gasteiger partial charge in [-0.15, -0.1) is 15.2 Å². The number of guanidine groups is 1. The lowest BCUT2D eigenvalue weighted by atomic mass is 9.80. The van der Waals surface area contributed by atoms with Crippen molar-refractivity contribution in [1.82, 2.24) is 30.8 Å². The summed E-state index contributed by atoms with van der Waals surface area (Å²) in [5.74, 6) is 0.694. The topological polar surface area (TPSA) is 172 Å². The van der Waals surface area contributed by atoms with E-state index in [1.807, 2.05) is 0 Å². The molecule has 0 unspecified atom stereocenters.